The quantitative estimate of drug-likeness (QED) is 0.704. The number of ether oxygens (including phenoxy) is 1. The molecule has 1 fully saturated rings. The molecule has 1 aliphatic rings. The maximum Gasteiger partial charge on any atom is 0.315 e. The monoisotopic (exact) mass is 327 g/mol. The summed E-state index contributed by atoms with van der Waals surface area (Å²) >= 11 is 0. The number of amides is 2. The van der Waals surface area contributed by atoms with E-state index in [2.05, 4.69) is 10.6 Å². The molecule has 8 heteroatoms. The average Bonchev–Trinajstić information content (AvgIpc) is 2.96. The van der Waals surface area contributed by atoms with Gasteiger partial charge in [-0.15, -0.1) is 0 Å². The number of primary sulfonamides is 1. The average molecular weight is 327 g/mol. The highest BCUT2D eigenvalue weighted by molar-refractivity contribution is 7.88. The largest absolute Gasteiger partial charge is 0.376 e. The number of hydrogen-bond acceptors (Lipinski definition) is 4. The molecule has 122 valence electrons. The van der Waals surface area contributed by atoms with E-state index in [9.17, 15) is 13.2 Å². The maximum atomic E-state index is 11.7. The number of nitrogens with two attached hydrogens (primary N) is 1. The Morgan fingerprint density at radius 1 is 1.23 bits per heavy atom. The topological polar surface area (TPSA) is 111 Å². The fraction of sp³-hybridized carbons (Fsp3) is 0.500. The van der Waals surface area contributed by atoms with Crippen LogP contribution in [0.15, 0.2) is 24.3 Å². The maximum absolute atomic E-state index is 11.7. The summed E-state index contributed by atoms with van der Waals surface area (Å²) in [6, 6.07) is 6.66. The Balaban J connectivity index is 1.72. The molecular weight excluding hydrogens is 306 g/mol. The molecule has 0 aliphatic carbocycles. The van der Waals surface area contributed by atoms with E-state index in [1.54, 1.807) is 24.3 Å². The van der Waals surface area contributed by atoms with Crippen molar-refractivity contribution in [1.82, 2.24) is 10.6 Å². The second-order valence-electron chi connectivity index (χ2n) is 5.32. The molecule has 0 bridgehead atoms. The molecule has 0 aromatic heterocycles. The minimum Gasteiger partial charge on any atom is -0.376 e. The van der Waals surface area contributed by atoms with Gasteiger partial charge in [0.15, 0.2) is 0 Å². The molecule has 2 amide bonds. The highest BCUT2D eigenvalue weighted by Crippen LogP contribution is 2.10. The molecule has 0 saturated carbocycles. The van der Waals surface area contributed by atoms with Crippen molar-refractivity contribution in [3.8, 4) is 0 Å². The van der Waals surface area contributed by atoms with Gasteiger partial charge in [0, 0.05) is 19.7 Å². The highest BCUT2D eigenvalue weighted by atomic mass is 32.2. The van der Waals surface area contributed by atoms with E-state index >= 15 is 0 Å². The molecule has 1 heterocycles. The zero-order chi connectivity index (χ0) is 16.0. The van der Waals surface area contributed by atoms with Crippen molar-refractivity contribution in [2.75, 3.05) is 13.2 Å². The second kappa shape index (κ2) is 7.57. The van der Waals surface area contributed by atoms with Gasteiger partial charge in [0.05, 0.1) is 11.9 Å². The van der Waals surface area contributed by atoms with Crippen molar-refractivity contribution < 1.29 is 17.9 Å². The van der Waals surface area contributed by atoms with Gasteiger partial charge in [0.25, 0.3) is 0 Å². The van der Waals surface area contributed by atoms with E-state index in [0.717, 1.165) is 25.0 Å². The van der Waals surface area contributed by atoms with Gasteiger partial charge in [0.2, 0.25) is 10.0 Å². The Hall–Kier alpha value is -1.64. The van der Waals surface area contributed by atoms with Crippen LogP contribution in [0.25, 0.3) is 0 Å². The summed E-state index contributed by atoms with van der Waals surface area (Å²) in [5.41, 5.74) is 1.50. The normalized spacial score (nSPS) is 18.1. The number of rotatable bonds is 6. The lowest BCUT2D eigenvalue weighted by molar-refractivity contribution is 0.111. The molecule has 0 radical (unpaired) electrons. The first-order chi connectivity index (χ1) is 10.4. The minimum atomic E-state index is -3.52. The molecule has 4 N–H and O–H groups in total. The van der Waals surface area contributed by atoms with Gasteiger partial charge < -0.3 is 15.4 Å². The summed E-state index contributed by atoms with van der Waals surface area (Å²) in [4.78, 5) is 11.7. The van der Waals surface area contributed by atoms with Crippen LogP contribution in [0.2, 0.25) is 0 Å². The van der Waals surface area contributed by atoms with E-state index in [1.165, 1.54) is 0 Å². The second-order valence-corrected chi connectivity index (χ2v) is 6.94. The number of benzene rings is 1. The van der Waals surface area contributed by atoms with Crippen LogP contribution in [0, 0.1) is 0 Å². The summed E-state index contributed by atoms with van der Waals surface area (Å²) in [5.74, 6) is -0.192. The van der Waals surface area contributed by atoms with E-state index < -0.39 is 10.0 Å². The Bertz CT molecular complexity index is 595. The number of sulfonamides is 1. The Kier molecular flexibility index (Phi) is 5.76. The van der Waals surface area contributed by atoms with Crippen LogP contribution in [0.3, 0.4) is 0 Å². The van der Waals surface area contributed by atoms with Gasteiger partial charge >= 0.3 is 6.03 Å². The number of nitrogens with one attached hydrogen (secondary N) is 2. The molecule has 1 aliphatic heterocycles. The minimum absolute atomic E-state index is 0.114. The number of urea groups is 1. The van der Waals surface area contributed by atoms with Crippen LogP contribution >= 0.6 is 0 Å². The van der Waals surface area contributed by atoms with Gasteiger partial charge in [-0.2, -0.15) is 0 Å². The molecule has 0 spiro atoms. The third-order valence-electron chi connectivity index (χ3n) is 3.36. The van der Waals surface area contributed by atoms with Gasteiger partial charge in [-0.05, 0) is 24.0 Å². The zero-order valence-corrected chi connectivity index (χ0v) is 13.1. The lowest BCUT2D eigenvalue weighted by atomic mass is 10.1. The predicted molar refractivity (Wildman–Crippen MR) is 82.5 cm³/mol. The molecule has 1 atom stereocenters. The van der Waals surface area contributed by atoms with Crippen molar-refractivity contribution in [3.05, 3.63) is 35.4 Å². The molecule has 1 saturated heterocycles. The summed E-state index contributed by atoms with van der Waals surface area (Å²) in [6.07, 6.45) is 2.13. The lowest BCUT2D eigenvalue weighted by Gasteiger charge is -2.12. The molecule has 1 aromatic rings. The first-order valence-corrected chi connectivity index (χ1v) is 8.85. The summed E-state index contributed by atoms with van der Waals surface area (Å²) in [5, 5.41) is 10.5. The summed E-state index contributed by atoms with van der Waals surface area (Å²) in [6.45, 7) is 1.64. The van der Waals surface area contributed by atoms with Crippen LogP contribution in [0.4, 0.5) is 4.79 Å². The fourth-order valence-electron chi connectivity index (χ4n) is 2.24. The Labute approximate surface area is 130 Å². The van der Waals surface area contributed by atoms with Crippen LogP contribution in [0.5, 0.6) is 0 Å². The first-order valence-electron chi connectivity index (χ1n) is 7.14. The first kappa shape index (κ1) is 16.7. The number of carbonyl (C=O) groups excluding carboxylic acids is 1. The van der Waals surface area contributed by atoms with E-state index in [0.29, 0.717) is 18.7 Å². The van der Waals surface area contributed by atoms with Crippen LogP contribution in [-0.2, 0) is 27.1 Å². The fourth-order valence-corrected chi connectivity index (χ4v) is 2.90. The van der Waals surface area contributed by atoms with E-state index in [1.807, 2.05) is 0 Å². The van der Waals surface area contributed by atoms with Crippen molar-refractivity contribution in [1.29, 1.82) is 0 Å². The SMILES string of the molecule is NS(=O)(=O)Cc1ccc(CNC(=O)NC[C@@H]2CCCO2)cc1. The van der Waals surface area contributed by atoms with Crippen LogP contribution < -0.4 is 15.8 Å². The third kappa shape index (κ3) is 6.00. The van der Waals surface area contributed by atoms with E-state index in [4.69, 9.17) is 9.88 Å². The lowest BCUT2D eigenvalue weighted by Crippen LogP contribution is -2.39. The zero-order valence-electron chi connectivity index (χ0n) is 12.2. The van der Waals surface area contributed by atoms with Gasteiger partial charge in [-0.3, -0.25) is 0 Å². The van der Waals surface area contributed by atoms with Crippen molar-refractivity contribution in [3.63, 3.8) is 0 Å². The standard InChI is InChI=1S/C14H21N3O4S/c15-22(19,20)10-12-5-3-11(4-6-12)8-16-14(18)17-9-13-2-1-7-21-13/h3-6,13H,1-2,7-10H2,(H2,15,19,20)(H2,16,17,18)/t13-/m0/s1. The Morgan fingerprint density at radius 3 is 2.50 bits per heavy atom. The van der Waals surface area contributed by atoms with E-state index in [-0.39, 0.29) is 17.9 Å². The molecular formula is C14H21N3O4S. The summed E-state index contributed by atoms with van der Waals surface area (Å²) < 4.78 is 27.4. The Morgan fingerprint density at radius 2 is 1.91 bits per heavy atom. The van der Waals surface area contributed by atoms with Crippen molar-refractivity contribution >= 4 is 16.1 Å². The molecule has 22 heavy (non-hydrogen) atoms. The van der Waals surface area contributed by atoms with Crippen molar-refractivity contribution in [2.45, 2.75) is 31.2 Å². The predicted octanol–water partition coefficient (Wildman–Crippen LogP) is 0.453. The van der Waals surface area contributed by atoms with Crippen LogP contribution in [-0.4, -0.2) is 33.7 Å². The highest BCUT2D eigenvalue weighted by Gasteiger charge is 2.15. The van der Waals surface area contributed by atoms with Crippen LogP contribution in [0.1, 0.15) is 24.0 Å². The molecule has 1 aromatic carbocycles. The van der Waals surface area contributed by atoms with Crippen molar-refractivity contribution in [2.24, 2.45) is 5.14 Å². The van der Waals surface area contributed by atoms with Gasteiger partial charge in [0.1, 0.15) is 0 Å². The van der Waals surface area contributed by atoms with Gasteiger partial charge in [-0.25, -0.2) is 18.4 Å². The summed E-state index contributed by atoms with van der Waals surface area (Å²) in [7, 11) is -3.52. The third-order valence-corrected chi connectivity index (χ3v) is 4.09. The number of carbonyl (C=O) groups is 1. The molecule has 2 rings (SSSR count). The number of hydrogen-bond donors (Lipinski definition) is 3. The smallest absolute Gasteiger partial charge is 0.315 e. The molecule has 0 unspecified atom stereocenters. The molecule has 7 nitrogen and oxygen atoms in total. The van der Waals surface area contributed by atoms with Gasteiger partial charge in [-0.1, -0.05) is 24.3 Å².